The molecule has 0 fully saturated rings. The van der Waals surface area contributed by atoms with Crippen molar-refractivity contribution in [3.8, 4) is 0 Å². The molecule has 0 saturated heterocycles. The number of nitrogens with zero attached hydrogens (tertiary/aromatic N) is 4. The lowest BCUT2D eigenvalue weighted by Crippen LogP contribution is -1.94. The highest BCUT2D eigenvalue weighted by atomic mass is 32.2. The van der Waals surface area contributed by atoms with Gasteiger partial charge in [0.1, 0.15) is 0 Å². The Balaban J connectivity index is 1.68. The van der Waals surface area contributed by atoms with Gasteiger partial charge < -0.3 is 4.52 Å². The number of thioether (sulfide) groups is 1. The summed E-state index contributed by atoms with van der Waals surface area (Å²) < 4.78 is 7.29. The van der Waals surface area contributed by atoms with E-state index in [1.165, 1.54) is 0 Å². The standard InChI is InChI=1S/C14H16N4OS/c1-10(2)7-13-16-12(17-19-13)9-20-14-15-8-11-5-3-4-6-18(11)14/h3-6,8,10H,7,9H2,1-2H3. The van der Waals surface area contributed by atoms with Crippen molar-refractivity contribution in [2.75, 3.05) is 0 Å². The molecule has 0 aliphatic carbocycles. The first-order valence-electron chi connectivity index (χ1n) is 6.58. The Labute approximate surface area is 121 Å². The van der Waals surface area contributed by atoms with Gasteiger partial charge in [0.15, 0.2) is 11.0 Å². The third kappa shape index (κ3) is 2.85. The Hall–Kier alpha value is -1.82. The van der Waals surface area contributed by atoms with E-state index in [9.17, 15) is 0 Å². The molecule has 0 atom stereocenters. The summed E-state index contributed by atoms with van der Waals surface area (Å²) in [4.78, 5) is 8.80. The third-order valence-corrected chi connectivity index (χ3v) is 3.79. The maximum atomic E-state index is 5.23. The van der Waals surface area contributed by atoms with E-state index < -0.39 is 0 Å². The van der Waals surface area contributed by atoms with E-state index in [1.54, 1.807) is 11.8 Å². The van der Waals surface area contributed by atoms with E-state index in [4.69, 9.17) is 4.52 Å². The smallest absolute Gasteiger partial charge is 0.226 e. The van der Waals surface area contributed by atoms with Crippen molar-refractivity contribution in [3.05, 3.63) is 42.3 Å². The van der Waals surface area contributed by atoms with Gasteiger partial charge in [0.2, 0.25) is 5.89 Å². The number of pyridine rings is 1. The van der Waals surface area contributed by atoms with Gasteiger partial charge in [-0.05, 0) is 18.1 Å². The Kier molecular flexibility index (Phi) is 3.73. The van der Waals surface area contributed by atoms with Crippen LogP contribution < -0.4 is 0 Å². The van der Waals surface area contributed by atoms with Crippen LogP contribution in [0.25, 0.3) is 5.52 Å². The number of aromatic nitrogens is 4. The van der Waals surface area contributed by atoms with E-state index >= 15 is 0 Å². The fraction of sp³-hybridized carbons (Fsp3) is 0.357. The molecule has 3 heterocycles. The van der Waals surface area contributed by atoms with Crippen LogP contribution in [0, 0.1) is 5.92 Å². The van der Waals surface area contributed by atoms with Crippen LogP contribution in [0.15, 0.2) is 40.3 Å². The first-order chi connectivity index (χ1) is 9.72. The third-order valence-electron chi connectivity index (χ3n) is 2.83. The second kappa shape index (κ2) is 5.66. The van der Waals surface area contributed by atoms with E-state index in [-0.39, 0.29) is 0 Å². The van der Waals surface area contributed by atoms with Crippen molar-refractivity contribution in [1.82, 2.24) is 19.5 Å². The number of rotatable bonds is 5. The second-order valence-electron chi connectivity index (χ2n) is 5.03. The molecule has 0 unspecified atom stereocenters. The van der Waals surface area contributed by atoms with Gasteiger partial charge in [-0.3, -0.25) is 4.40 Å². The molecule has 0 saturated carbocycles. The Bertz CT molecular complexity index is 704. The first-order valence-corrected chi connectivity index (χ1v) is 7.57. The lowest BCUT2D eigenvalue weighted by Gasteiger charge is -1.98. The molecule has 3 aromatic heterocycles. The lowest BCUT2D eigenvalue weighted by atomic mass is 10.1. The molecule has 0 spiro atoms. The van der Waals surface area contributed by atoms with Crippen LogP contribution in [0.5, 0.6) is 0 Å². The molecule has 0 aromatic carbocycles. The molecule has 3 rings (SSSR count). The van der Waals surface area contributed by atoms with Crippen LogP contribution >= 0.6 is 11.8 Å². The molecular formula is C14H16N4OS. The van der Waals surface area contributed by atoms with Gasteiger partial charge in [-0.2, -0.15) is 4.98 Å². The van der Waals surface area contributed by atoms with Crippen LogP contribution in [0.3, 0.4) is 0 Å². The average Bonchev–Trinajstić information content (AvgIpc) is 3.02. The average molecular weight is 288 g/mol. The van der Waals surface area contributed by atoms with E-state index in [0.29, 0.717) is 17.6 Å². The van der Waals surface area contributed by atoms with Crippen LogP contribution in [0.4, 0.5) is 0 Å². The van der Waals surface area contributed by atoms with Gasteiger partial charge in [0.25, 0.3) is 0 Å². The molecule has 0 bridgehead atoms. The fourth-order valence-electron chi connectivity index (χ4n) is 1.94. The molecule has 0 radical (unpaired) electrons. The maximum Gasteiger partial charge on any atom is 0.226 e. The first kappa shape index (κ1) is 13.2. The van der Waals surface area contributed by atoms with Gasteiger partial charge in [0, 0.05) is 12.6 Å². The van der Waals surface area contributed by atoms with Crippen molar-refractivity contribution in [2.45, 2.75) is 31.2 Å². The topological polar surface area (TPSA) is 56.2 Å². The van der Waals surface area contributed by atoms with E-state index in [1.807, 2.05) is 30.6 Å². The molecule has 3 aromatic rings. The molecule has 0 aliphatic rings. The fourth-order valence-corrected chi connectivity index (χ4v) is 2.74. The highest BCUT2D eigenvalue weighted by Crippen LogP contribution is 2.21. The van der Waals surface area contributed by atoms with Gasteiger partial charge in [-0.25, -0.2) is 4.98 Å². The molecule has 5 nitrogen and oxygen atoms in total. The van der Waals surface area contributed by atoms with Crippen LogP contribution in [0.2, 0.25) is 0 Å². The lowest BCUT2D eigenvalue weighted by molar-refractivity contribution is 0.360. The van der Waals surface area contributed by atoms with Crippen molar-refractivity contribution in [1.29, 1.82) is 0 Å². The van der Waals surface area contributed by atoms with Gasteiger partial charge in [-0.15, -0.1) is 0 Å². The minimum Gasteiger partial charge on any atom is -0.339 e. The highest BCUT2D eigenvalue weighted by molar-refractivity contribution is 7.98. The number of imidazole rings is 1. The largest absolute Gasteiger partial charge is 0.339 e. The zero-order chi connectivity index (χ0) is 13.9. The Morgan fingerprint density at radius 1 is 1.35 bits per heavy atom. The van der Waals surface area contributed by atoms with Crippen molar-refractivity contribution in [2.24, 2.45) is 5.92 Å². The zero-order valence-electron chi connectivity index (χ0n) is 11.5. The Morgan fingerprint density at radius 3 is 3.10 bits per heavy atom. The SMILES string of the molecule is CC(C)Cc1nc(CSc2ncc3ccccn23)no1. The molecule has 20 heavy (non-hydrogen) atoms. The summed E-state index contributed by atoms with van der Waals surface area (Å²) in [6.07, 6.45) is 4.69. The van der Waals surface area contributed by atoms with E-state index in [0.717, 1.165) is 22.9 Å². The zero-order valence-corrected chi connectivity index (χ0v) is 12.3. The summed E-state index contributed by atoms with van der Waals surface area (Å²) in [6.45, 7) is 4.27. The van der Waals surface area contributed by atoms with Gasteiger partial charge in [-0.1, -0.05) is 36.8 Å². The maximum absolute atomic E-state index is 5.23. The molecule has 0 amide bonds. The van der Waals surface area contributed by atoms with Crippen molar-refractivity contribution >= 4 is 17.3 Å². The Morgan fingerprint density at radius 2 is 2.25 bits per heavy atom. The van der Waals surface area contributed by atoms with Gasteiger partial charge in [0.05, 0.1) is 17.5 Å². The minimum absolute atomic E-state index is 0.521. The van der Waals surface area contributed by atoms with E-state index in [2.05, 4.69) is 33.4 Å². The summed E-state index contributed by atoms with van der Waals surface area (Å²) in [5.74, 6) is 2.62. The monoisotopic (exact) mass is 288 g/mol. The second-order valence-corrected chi connectivity index (χ2v) is 5.97. The molecule has 0 N–H and O–H groups in total. The summed E-state index contributed by atoms with van der Waals surface area (Å²) in [6, 6.07) is 6.03. The van der Waals surface area contributed by atoms with Gasteiger partial charge >= 0.3 is 0 Å². The normalized spacial score (nSPS) is 11.6. The predicted molar refractivity (Wildman–Crippen MR) is 77.6 cm³/mol. The number of fused-ring (bicyclic) bond motifs is 1. The molecular weight excluding hydrogens is 272 g/mol. The van der Waals surface area contributed by atoms with Crippen LogP contribution in [-0.4, -0.2) is 19.5 Å². The van der Waals surface area contributed by atoms with Crippen molar-refractivity contribution < 1.29 is 4.52 Å². The quantitative estimate of drug-likeness (QED) is 0.675. The highest BCUT2D eigenvalue weighted by Gasteiger charge is 2.10. The summed E-state index contributed by atoms with van der Waals surface area (Å²) in [5, 5.41) is 4.95. The predicted octanol–water partition coefficient (Wildman–Crippen LogP) is 3.21. The number of hydrogen-bond donors (Lipinski definition) is 0. The molecule has 104 valence electrons. The van der Waals surface area contributed by atoms with Crippen LogP contribution in [-0.2, 0) is 12.2 Å². The minimum atomic E-state index is 0.521. The number of hydrogen-bond acceptors (Lipinski definition) is 5. The van der Waals surface area contributed by atoms with Crippen LogP contribution in [0.1, 0.15) is 25.6 Å². The summed E-state index contributed by atoms with van der Waals surface area (Å²) >= 11 is 1.61. The summed E-state index contributed by atoms with van der Waals surface area (Å²) in [7, 11) is 0. The molecule has 0 aliphatic heterocycles. The summed E-state index contributed by atoms with van der Waals surface area (Å²) in [5.41, 5.74) is 1.09. The molecule has 6 heteroatoms. The van der Waals surface area contributed by atoms with Crippen molar-refractivity contribution in [3.63, 3.8) is 0 Å².